The molecule has 290 valence electrons. The molecule has 53 heavy (non-hydrogen) atoms. The van der Waals surface area contributed by atoms with Crippen LogP contribution in [0.2, 0.25) is 5.02 Å². The quantitative estimate of drug-likeness (QED) is 0.0438. The zero-order valence-corrected chi connectivity index (χ0v) is 33.1. The molecular formula is C35H48ClN6O10S+. The van der Waals surface area contributed by atoms with E-state index in [2.05, 4.69) is 20.8 Å². The van der Waals surface area contributed by atoms with Crippen molar-refractivity contribution in [3.05, 3.63) is 46.7 Å². The van der Waals surface area contributed by atoms with Gasteiger partial charge < -0.3 is 34.2 Å². The molecule has 0 bridgehead atoms. The second-order valence-corrected chi connectivity index (χ2v) is 16.0. The molecule has 0 aliphatic rings. The van der Waals surface area contributed by atoms with Crippen molar-refractivity contribution in [1.29, 1.82) is 0 Å². The molecule has 0 spiro atoms. The second-order valence-electron chi connectivity index (χ2n) is 14.7. The van der Waals surface area contributed by atoms with Crippen LogP contribution in [-0.4, -0.2) is 80.7 Å². The van der Waals surface area contributed by atoms with Crippen LogP contribution in [0.4, 0.5) is 14.7 Å². The summed E-state index contributed by atoms with van der Waals surface area (Å²) in [5.74, 6) is -2.05. The fourth-order valence-corrected chi connectivity index (χ4v) is 5.27. The van der Waals surface area contributed by atoms with E-state index in [1.165, 1.54) is 5.38 Å². The molecule has 0 aliphatic carbocycles. The van der Waals surface area contributed by atoms with Crippen molar-refractivity contribution < 1.29 is 52.8 Å². The van der Waals surface area contributed by atoms with Crippen molar-refractivity contribution >= 4 is 57.9 Å². The number of amides is 2. The van der Waals surface area contributed by atoms with E-state index < -0.39 is 59.4 Å². The zero-order valence-electron chi connectivity index (χ0n) is 31.6. The summed E-state index contributed by atoms with van der Waals surface area (Å²) in [5.41, 5.74) is -1.42. The molecule has 1 atom stereocenters. The van der Waals surface area contributed by atoms with Gasteiger partial charge in [0.2, 0.25) is 11.9 Å². The highest BCUT2D eigenvalue weighted by Crippen LogP contribution is 2.31. The summed E-state index contributed by atoms with van der Waals surface area (Å²) in [5, 5.41) is 20.5. The van der Waals surface area contributed by atoms with Gasteiger partial charge in [0.15, 0.2) is 12.2 Å². The number of halogens is 1. The molecule has 3 N–H and O–H groups in total. The highest BCUT2D eigenvalue weighted by Gasteiger charge is 2.30. The Morgan fingerprint density at radius 1 is 1.00 bits per heavy atom. The second kappa shape index (κ2) is 17.7. The first-order valence-corrected chi connectivity index (χ1v) is 17.9. The van der Waals surface area contributed by atoms with E-state index in [-0.39, 0.29) is 10.8 Å². The predicted octanol–water partition coefficient (Wildman–Crippen LogP) is 5.95. The molecule has 3 aromatic rings. The fourth-order valence-electron chi connectivity index (χ4n) is 4.31. The summed E-state index contributed by atoms with van der Waals surface area (Å²) in [6.45, 7) is 16.1. The number of aromatic nitrogens is 3. The SMILES string of the molecule is C[n+]1cc(-c2ccc(OC[C@H](O/N=C(\C(=O)O)c3csc(NC(=O)OC(C)(C)C)n3)C(=O)OC(C)(C)C)cc2Cl)cn1CCCNC(=O)OC(C)(C)C. The lowest BCUT2D eigenvalue weighted by Crippen LogP contribution is -2.39. The van der Waals surface area contributed by atoms with Crippen molar-refractivity contribution in [3.8, 4) is 16.9 Å². The predicted molar refractivity (Wildman–Crippen MR) is 197 cm³/mol. The van der Waals surface area contributed by atoms with Gasteiger partial charge in [0.1, 0.15) is 34.9 Å². The number of oxime groups is 1. The van der Waals surface area contributed by atoms with Crippen LogP contribution >= 0.6 is 22.9 Å². The molecular weight excluding hydrogens is 732 g/mol. The van der Waals surface area contributed by atoms with E-state index in [4.69, 9.17) is 35.4 Å². The monoisotopic (exact) mass is 779 g/mol. The van der Waals surface area contributed by atoms with Crippen molar-refractivity contribution in [2.24, 2.45) is 12.2 Å². The number of carboxylic acids is 1. The van der Waals surface area contributed by atoms with Crippen molar-refractivity contribution in [3.63, 3.8) is 0 Å². The lowest BCUT2D eigenvalue weighted by molar-refractivity contribution is -0.753. The zero-order chi connectivity index (χ0) is 39.7. The molecule has 0 saturated heterocycles. The number of aliphatic carboxylic acids is 1. The average Bonchev–Trinajstić information content (AvgIpc) is 3.59. The summed E-state index contributed by atoms with van der Waals surface area (Å²) in [6.07, 6.45) is 1.78. The van der Waals surface area contributed by atoms with Gasteiger partial charge in [0, 0.05) is 17.5 Å². The number of hydrogen-bond donors (Lipinski definition) is 3. The number of nitrogens with one attached hydrogen (secondary N) is 2. The van der Waals surface area contributed by atoms with Gasteiger partial charge >= 0.3 is 24.1 Å². The first-order valence-electron chi connectivity index (χ1n) is 16.6. The molecule has 2 aromatic heterocycles. The Morgan fingerprint density at radius 2 is 1.64 bits per heavy atom. The molecule has 0 unspecified atom stereocenters. The Morgan fingerprint density at radius 3 is 2.25 bits per heavy atom. The molecule has 2 amide bonds. The van der Waals surface area contributed by atoms with Crippen molar-refractivity contribution in [1.82, 2.24) is 15.0 Å². The molecule has 1 aromatic carbocycles. The van der Waals surface area contributed by atoms with E-state index in [9.17, 15) is 24.3 Å². The van der Waals surface area contributed by atoms with Gasteiger partial charge in [-0.05, 0) is 86.9 Å². The van der Waals surface area contributed by atoms with Crippen LogP contribution in [0.15, 0.2) is 41.1 Å². The standard InChI is InChI=1S/C35H47ClN6O10S/c1-33(2,3)49-29(45)26(52-40-27(28(43)44)25-20-53-30(38-25)39-32(47)51-35(7,8)9)19-48-22-12-13-23(24(36)16-22)21-17-41(10)42(18-21)15-11-14-37-31(46)50-34(4,5)6/h12-13,16-18,20,26H,11,14-15,19H2,1-10H3,(H2-,37,38,39,43,44,46,47)/p+1/b40-27-/t26-/m0/s1. The molecule has 0 radical (unpaired) electrons. The summed E-state index contributed by atoms with van der Waals surface area (Å²) < 4.78 is 25.7. The van der Waals surface area contributed by atoms with Crippen LogP contribution in [0.5, 0.6) is 5.75 Å². The van der Waals surface area contributed by atoms with E-state index in [0.717, 1.165) is 22.5 Å². The Bertz CT molecular complexity index is 1800. The Balaban J connectivity index is 1.71. The summed E-state index contributed by atoms with van der Waals surface area (Å²) in [6, 6.07) is 5.00. The van der Waals surface area contributed by atoms with Crippen LogP contribution < -0.4 is 20.1 Å². The number of benzene rings is 1. The molecule has 16 nitrogen and oxygen atoms in total. The minimum Gasteiger partial charge on any atom is -0.489 e. The maximum absolute atomic E-state index is 13.1. The molecule has 0 aliphatic heterocycles. The van der Waals surface area contributed by atoms with Crippen LogP contribution in [0.3, 0.4) is 0 Å². The van der Waals surface area contributed by atoms with Crippen molar-refractivity contribution in [2.75, 3.05) is 18.5 Å². The van der Waals surface area contributed by atoms with Crippen LogP contribution in [0.1, 0.15) is 74.4 Å². The van der Waals surface area contributed by atoms with E-state index in [1.807, 2.05) is 28.8 Å². The first-order chi connectivity index (χ1) is 24.5. The maximum Gasteiger partial charge on any atom is 0.413 e. The molecule has 3 rings (SSSR count). The minimum absolute atomic E-state index is 0.0634. The van der Waals surface area contributed by atoms with Gasteiger partial charge in [-0.2, -0.15) is 4.68 Å². The van der Waals surface area contributed by atoms with Gasteiger partial charge in [-0.1, -0.05) is 16.8 Å². The van der Waals surface area contributed by atoms with Gasteiger partial charge in [-0.3, -0.25) is 5.32 Å². The van der Waals surface area contributed by atoms with Crippen LogP contribution in [-0.2, 0) is 42.2 Å². The Hall–Kier alpha value is -4.90. The number of carbonyl (C=O) groups is 4. The summed E-state index contributed by atoms with van der Waals surface area (Å²) >= 11 is 7.61. The van der Waals surface area contributed by atoms with Gasteiger partial charge in [0.25, 0.3) is 6.10 Å². The maximum atomic E-state index is 13.1. The topological polar surface area (TPSA) is 193 Å². The molecule has 2 heterocycles. The number of anilines is 1. The van der Waals surface area contributed by atoms with Gasteiger partial charge in [0.05, 0.1) is 23.3 Å². The fraction of sp³-hybridized carbons (Fsp3) is 0.514. The number of rotatable bonds is 14. The molecule has 0 saturated carbocycles. The lowest BCUT2D eigenvalue weighted by atomic mass is 10.1. The third-order valence-corrected chi connectivity index (χ3v) is 7.47. The van der Waals surface area contributed by atoms with E-state index >= 15 is 0 Å². The lowest BCUT2D eigenvalue weighted by Gasteiger charge is -2.23. The number of alkyl carbamates (subject to hydrolysis) is 1. The third kappa shape index (κ3) is 14.6. The summed E-state index contributed by atoms with van der Waals surface area (Å²) in [7, 11) is 1.89. The number of aryl methyl sites for hydroxylation is 2. The molecule has 0 fully saturated rings. The number of thiazole rings is 1. The summed E-state index contributed by atoms with van der Waals surface area (Å²) in [4.78, 5) is 58.7. The smallest absolute Gasteiger partial charge is 0.413 e. The Kier molecular flexibility index (Phi) is 14.2. The van der Waals surface area contributed by atoms with Gasteiger partial charge in [-0.25, -0.2) is 24.2 Å². The van der Waals surface area contributed by atoms with Crippen LogP contribution in [0, 0.1) is 0 Å². The number of esters is 1. The van der Waals surface area contributed by atoms with Crippen LogP contribution in [0.25, 0.3) is 11.1 Å². The first kappa shape index (κ1) is 42.5. The third-order valence-electron chi connectivity index (χ3n) is 6.40. The number of hydrogen-bond acceptors (Lipinski definition) is 12. The van der Waals surface area contributed by atoms with E-state index in [1.54, 1.807) is 80.5 Å². The molecule has 18 heteroatoms. The number of carboxylic acid groups (broad SMARTS) is 1. The largest absolute Gasteiger partial charge is 0.489 e. The minimum atomic E-state index is -1.50. The van der Waals surface area contributed by atoms with E-state index in [0.29, 0.717) is 30.3 Å². The number of ether oxygens (including phenoxy) is 4. The number of nitrogens with zero attached hydrogens (tertiary/aromatic N) is 4. The average molecular weight is 780 g/mol. The Labute approximate surface area is 317 Å². The van der Waals surface area contributed by atoms with Crippen molar-refractivity contribution in [2.45, 2.75) is 98.2 Å². The highest BCUT2D eigenvalue weighted by atomic mass is 35.5. The highest BCUT2D eigenvalue weighted by molar-refractivity contribution is 7.14. The van der Waals surface area contributed by atoms with Gasteiger partial charge in [-0.15, -0.1) is 16.0 Å². The normalized spacial score (nSPS) is 12.8. The number of carbonyl (C=O) groups excluding carboxylic acids is 3.